The molecule has 0 spiro atoms. The molecule has 1 saturated heterocycles. The summed E-state index contributed by atoms with van der Waals surface area (Å²) < 4.78 is 5.57. The Balaban J connectivity index is 1.44. The molecule has 2 aromatic carbocycles. The number of nitrogens with zero attached hydrogens (tertiary/aromatic N) is 1. The first-order chi connectivity index (χ1) is 11.7. The first-order valence-electron chi connectivity index (χ1n) is 8.14. The summed E-state index contributed by atoms with van der Waals surface area (Å²) in [5.74, 6) is 1.45. The van der Waals surface area contributed by atoms with Crippen molar-refractivity contribution in [2.75, 3.05) is 6.54 Å². The number of nitrogens with one attached hydrogen (secondary N) is 2. The van der Waals surface area contributed by atoms with Crippen LogP contribution in [0.4, 0.5) is 0 Å². The minimum atomic E-state index is -0.0446. The molecular weight excluding hydrogens is 302 g/mol. The van der Waals surface area contributed by atoms with E-state index in [-0.39, 0.29) is 18.0 Å². The number of benzene rings is 2. The molecule has 1 fully saturated rings. The van der Waals surface area contributed by atoms with E-state index in [1.807, 2.05) is 49.4 Å². The van der Waals surface area contributed by atoms with Crippen LogP contribution in [0.3, 0.4) is 0 Å². The van der Waals surface area contributed by atoms with Gasteiger partial charge in [-0.15, -0.1) is 0 Å². The topological polar surface area (TPSA) is 67.2 Å². The minimum Gasteiger partial charge on any atom is -0.444 e. The van der Waals surface area contributed by atoms with Gasteiger partial charge in [0.15, 0.2) is 0 Å². The van der Waals surface area contributed by atoms with E-state index >= 15 is 0 Å². The largest absolute Gasteiger partial charge is 0.444 e. The lowest BCUT2D eigenvalue weighted by atomic mass is 10.1. The van der Waals surface area contributed by atoms with Gasteiger partial charge in [0.2, 0.25) is 5.89 Å². The van der Waals surface area contributed by atoms with Crippen molar-refractivity contribution in [1.82, 2.24) is 15.6 Å². The Kier molecular flexibility index (Phi) is 3.78. The van der Waals surface area contributed by atoms with Crippen LogP contribution in [0.2, 0.25) is 0 Å². The molecular formula is C19H19N3O2. The molecule has 1 aromatic heterocycles. The van der Waals surface area contributed by atoms with E-state index < -0.39 is 0 Å². The number of amides is 1. The van der Waals surface area contributed by atoms with Crippen LogP contribution in [0.25, 0.3) is 10.8 Å². The summed E-state index contributed by atoms with van der Waals surface area (Å²) in [5, 5.41) is 8.65. The number of fused-ring (bicyclic) bond motifs is 1. The van der Waals surface area contributed by atoms with Crippen LogP contribution in [0.1, 0.15) is 34.5 Å². The number of aromatic nitrogens is 1. The fourth-order valence-electron chi connectivity index (χ4n) is 3.17. The Hall–Kier alpha value is -2.66. The van der Waals surface area contributed by atoms with Gasteiger partial charge in [-0.25, -0.2) is 4.98 Å². The lowest BCUT2D eigenvalue weighted by molar-refractivity contribution is 0.0939. The van der Waals surface area contributed by atoms with Gasteiger partial charge in [0, 0.05) is 18.2 Å². The maximum Gasteiger partial charge on any atom is 0.251 e. The molecule has 122 valence electrons. The average Bonchev–Trinajstić information content (AvgIpc) is 3.23. The molecule has 5 nitrogen and oxygen atoms in total. The van der Waals surface area contributed by atoms with Crippen LogP contribution in [0.15, 0.2) is 53.1 Å². The van der Waals surface area contributed by atoms with Crippen LogP contribution in [-0.4, -0.2) is 23.5 Å². The molecule has 4 rings (SSSR count). The number of carbonyl (C=O) groups is 1. The standard InChI is InChI=1S/C19H19N3O2/c1-12-10-21-19(24-12)17-9-16(11-20-17)22-18(23)15-7-6-13-4-2-3-5-14(13)8-15/h2-8,10,16-17,20H,9,11H2,1H3,(H,22,23). The highest BCUT2D eigenvalue weighted by Crippen LogP contribution is 2.23. The summed E-state index contributed by atoms with van der Waals surface area (Å²) in [6, 6.07) is 13.9. The molecule has 5 heteroatoms. The number of carbonyl (C=O) groups excluding carboxylic acids is 1. The Bertz CT molecular complexity index is 887. The summed E-state index contributed by atoms with van der Waals surface area (Å²) in [6.07, 6.45) is 2.50. The number of aryl methyl sites for hydroxylation is 1. The van der Waals surface area contributed by atoms with Gasteiger partial charge in [0.05, 0.1) is 12.2 Å². The van der Waals surface area contributed by atoms with Crippen molar-refractivity contribution in [1.29, 1.82) is 0 Å². The fraction of sp³-hybridized carbons (Fsp3) is 0.263. The van der Waals surface area contributed by atoms with E-state index in [0.29, 0.717) is 18.0 Å². The van der Waals surface area contributed by atoms with Gasteiger partial charge in [-0.3, -0.25) is 4.79 Å². The van der Waals surface area contributed by atoms with Crippen molar-refractivity contribution in [3.63, 3.8) is 0 Å². The Morgan fingerprint density at radius 1 is 1.25 bits per heavy atom. The zero-order valence-corrected chi connectivity index (χ0v) is 13.5. The SMILES string of the molecule is Cc1cnc(C2CC(NC(=O)c3ccc4ccccc4c3)CN2)o1. The molecule has 3 aromatic rings. The van der Waals surface area contributed by atoms with Crippen LogP contribution < -0.4 is 10.6 Å². The Morgan fingerprint density at radius 2 is 2.08 bits per heavy atom. The van der Waals surface area contributed by atoms with E-state index in [1.54, 1.807) is 6.20 Å². The van der Waals surface area contributed by atoms with E-state index in [4.69, 9.17) is 4.42 Å². The maximum atomic E-state index is 12.5. The average molecular weight is 321 g/mol. The smallest absolute Gasteiger partial charge is 0.251 e. The lowest BCUT2D eigenvalue weighted by Gasteiger charge is -2.12. The van der Waals surface area contributed by atoms with Crippen molar-refractivity contribution in [3.8, 4) is 0 Å². The van der Waals surface area contributed by atoms with Crippen LogP contribution in [0, 0.1) is 6.92 Å². The molecule has 0 aliphatic carbocycles. The first kappa shape index (κ1) is 14.9. The first-order valence-corrected chi connectivity index (χ1v) is 8.14. The van der Waals surface area contributed by atoms with Crippen LogP contribution >= 0.6 is 0 Å². The zero-order chi connectivity index (χ0) is 16.5. The second-order valence-electron chi connectivity index (χ2n) is 6.24. The highest BCUT2D eigenvalue weighted by Gasteiger charge is 2.29. The molecule has 2 heterocycles. The van der Waals surface area contributed by atoms with Gasteiger partial charge in [-0.05, 0) is 36.2 Å². The van der Waals surface area contributed by atoms with Crippen molar-refractivity contribution in [3.05, 3.63) is 65.9 Å². The third kappa shape index (κ3) is 2.90. The monoisotopic (exact) mass is 321 g/mol. The minimum absolute atomic E-state index is 0.0446. The second-order valence-corrected chi connectivity index (χ2v) is 6.24. The molecule has 2 atom stereocenters. The van der Waals surface area contributed by atoms with E-state index in [0.717, 1.165) is 23.0 Å². The maximum absolute atomic E-state index is 12.5. The molecule has 1 aliphatic rings. The summed E-state index contributed by atoms with van der Waals surface area (Å²) in [5.41, 5.74) is 0.684. The molecule has 0 bridgehead atoms. The van der Waals surface area contributed by atoms with E-state index in [9.17, 15) is 4.79 Å². The predicted molar refractivity (Wildman–Crippen MR) is 91.8 cm³/mol. The van der Waals surface area contributed by atoms with Gasteiger partial charge in [-0.1, -0.05) is 30.3 Å². The van der Waals surface area contributed by atoms with Crippen molar-refractivity contribution < 1.29 is 9.21 Å². The highest BCUT2D eigenvalue weighted by atomic mass is 16.4. The zero-order valence-electron chi connectivity index (χ0n) is 13.5. The second kappa shape index (κ2) is 6.09. The normalized spacial score (nSPS) is 20.4. The number of hydrogen-bond donors (Lipinski definition) is 2. The molecule has 1 aliphatic heterocycles. The predicted octanol–water partition coefficient (Wildman–Crippen LogP) is 2.97. The fourth-order valence-corrected chi connectivity index (χ4v) is 3.17. The van der Waals surface area contributed by atoms with Gasteiger partial charge in [0.25, 0.3) is 5.91 Å². The van der Waals surface area contributed by atoms with E-state index in [1.165, 1.54) is 0 Å². The van der Waals surface area contributed by atoms with Gasteiger partial charge in [0.1, 0.15) is 5.76 Å². The third-order valence-corrected chi connectivity index (χ3v) is 4.41. The van der Waals surface area contributed by atoms with Gasteiger partial charge in [-0.2, -0.15) is 0 Å². The molecule has 2 N–H and O–H groups in total. The molecule has 24 heavy (non-hydrogen) atoms. The summed E-state index contributed by atoms with van der Waals surface area (Å²) in [6.45, 7) is 2.59. The quantitative estimate of drug-likeness (QED) is 0.778. The highest BCUT2D eigenvalue weighted by molar-refractivity contribution is 5.98. The molecule has 0 saturated carbocycles. The van der Waals surface area contributed by atoms with Gasteiger partial charge < -0.3 is 15.1 Å². The van der Waals surface area contributed by atoms with E-state index in [2.05, 4.69) is 15.6 Å². The number of oxazole rings is 1. The summed E-state index contributed by atoms with van der Waals surface area (Å²) >= 11 is 0. The third-order valence-electron chi connectivity index (χ3n) is 4.41. The van der Waals surface area contributed by atoms with Crippen LogP contribution in [-0.2, 0) is 0 Å². The summed E-state index contributed by atoms with van der Waals surface area (Å²) in [7, 11) is 0. The lowest BCUT2D eigenvalue weighted by Crippen LogP contribution is -2.36. The Morgan fingerprint density at radius 3 is 2.88 bits per heavy atom. The molecule has 0 radical (unpaired) electrons. The van der Waals surface area contributed by atoms with Gasteiger partial charge >= 0.3 is 0 Å². The number of rotatable bonds is 3. The van der Waals surface area contributed by atoms with Crippen molar-refractivity contribution >= 4 is 16.7 Å². The Labute approximate surface area is 140 Å². The van der Waals surface area contributed by atoms with Crippen LogP contribution in [0.5, 0.6) is 0 Å². The molecule has 2 unspecified atom stereocenters. The van der Waals surface area contributed by atoms with Crippen molar-refractivity contribution in [2.24, 2.45) is 0 Å². The summed E-state index contributed by atoms with van der Waals surface area (Å²) in [4.78, 5) is 16.8. The number of hydrogen-bond acceptors (Lipinski definition) is 4. The van der Waals surface area contributed by atoms with Crippen molar-refractivity contribution in [2.45, 2.75) is 25.4 Å². The molecule has 1 amide bonds.